The Morgan fingerprint density at radius 2 is 1.61 bits per heavy atom. The second-order valence-electron chi connectivity index (χ2n) is 4.60. The fraction of sp³-hybridized carbons (Fsp3) is 0.462. The molecule has 18 heavy (non-hydrogen) atoms. The summed E-state index contributed by atoms with van der Waals surface area (Å²) in [6.07, 6.45) is 5.26. The van der Waals surface area contributed by atoms with E-state index in [-0.39, 0.29) is 11.6 Å². The summed E-state index contributed by atoms with van der Waals surface area (Å²) in [5, 5.41) is 0. The molecule has 0 amide bonds. The molecule has 98 valence electrons. The minimum Gasteiger partial charge on any atom is -0.387 e. The lowest BCUT2D eigenvalue weighted by Gasteiger charge is -2.20. The van der Waals surface area contributed by atoms with Crippen molar-refractivity contribution in [3.63, 3.8) is 0 Å². The molecule has 0 atom stereocenters. The van der Waals surface area contributed by atoms with Crippen molar-refractivity contribution in [2.45, 2.75) is 32.1 Å². The van der Waals surface area contributed by atoms with Crippen molar-refractivity contribution in [2.24, 2.45) is 16.6 Å². The zero-order valence-corrected chi connectivity index (χ0v) is 9.93. The van der Waals surface area contributed by atoms with E-state index in [1.165, 1.54) is 6.42 Å². The molecule has 1 fully saturated rings. The summed E-state index contributed by atoms with van der Waals surface area (Å²) in [7, 11) is 0. The fourth-order valence-corrected chi connectivity index (χ4v) is 2.25. The van der Waals surface area contributed by atoms with E-state index in [0.717, 1.165) is 37.8 Å². The van der Waals surface area contributed by atoms with Gasteiger partial charge in [-0.2, -0.15) is 0 Å². The molecule has 0 spiro atoms. The zero-order chi connectivity index (χ0) is 13.1. The first-order valence-electron chi connectivity index (χ1n) is 6.06. The number of amidine groups is 1. The summed E-state index contributed by atoms with van der Waals surface area (Å²) >= 11 is 0. The van der Waals surface area contributed by atoms with Crippen LogP contribution in [0, 0.1) is 23.4 Å². The first-order chi connectivity index (χ1) is 8.58. The molecular weight excluding hydrogens is 241 g/mol. The lowest BCUT2D eigenvalue weighted by Crippen LogP contribution is -2.25. The van der Waals surface area contributed by atoms with Crippen molar-refractivity contribution in [3.8, 4) is 0 Å². The van der Waals surface area contributed by atoms with Crippen LogP contribution >= 0.6 is 0 Å². The van der Waals surface area contributed by atoms with E-state index in [0.29, 0.717) is 5.84 Å². The lowest BCUT2D eigenvalue weighted by molar-refractivity contribution is 0.437. The van der Waals surface area contributed by atoms with E-state index < -0.39 is 17.5 Å². The molecule has 2 N–H and O–H groups in total. The SMILES string of the molecule is NC(=Nc1cc(F)c(F)c(F)c1)C1CCCCC1. The molecule has 5 heteroatoms. The van der Waals surface area contributed by atoms with Gasteiger partial charge in [-0.15, -0.1) is 0 Å². The van der Waals surface area contributed by atoms with Gasteiger partial charge in [0.25, 0.3) is 0 Å². The van der Waals surface area contributed by atoms with E-state index in [1.54, 1.807) is 0 Å². The molecule has 0 bridgehead atoms. The Bertz CT molecular complexity index is 442. The highest BCUT2D eigenvalue weighted by Crippen LogP contribution is 2.26. The lowest BCUT2D eigenvalue weighted by atomic mass is 9.88. The van der Waals surface area contributed by atoms with Crippen molar-refractivity contribution < 1.29 is 13.2 Å². The maximum Gasteiger partial charge on any atom is 0.194 e. The number of nitrogens with zero attached hydrogens (tertiary/aromatic N) is 1. The van der Waals surface area contributed by atoms with Gasteiger partial charge >= 0.3 is 0 Å². The van der Waals surface area contributed by atoms with E-state index in [2.05, 4.69) is 4.99 Å². The topological polar surface area (TPSA) is 38.4 Å². The molecule has 0 unspecified atom stereocenters. The van der Waals surface area contributed by atoms with Crippen LogP contribution in [0.1, 0.15) is 32.1 Å². The van der Waals surface area contributed by atoms with Crippen LogP contribution in [-0.4, -0.2) is 5.84 Å². The van der Waals surface area contributed by atoms with Crippen LogP contribution in [0.5, 0.6) is 0 Å². The first kappa shape index (κ1) is 12.9. The smallest absolute Gasteiger partial charge is 0.194 e. The van der Waals surface area contributed by atoms with Crippen LogP contribution < -0.4 is 5.73 Å². The Balaban J connectivity index is 2.21. The highest BCUT2D eigenvalue weighted by atomic mass is 19.2. The number of halogens is 3. The predicted octanol–water partition coefficient (Wildman–Crippen LogP) is 3.67. The van der Waals surface area contributed by atoms with Crippen LogP contribution in [0.4, 0.5) is 18.9 Å². The summed E-state index contributed by atoms with van der Waals surface area (Å²) in [6.45, 7) is 0. The number of hydrogen-bond donors (Lipinski definition) is 1. The molecule has 0 aromatic heterocycles. The Kier molecular flexibility index (Phi) is 3.89. The second-order valence-corrected chi connectivity index (χ2v) is 4.60. The van der Waals surface area contributed by atoms with Gasteiger partial charge in [-0.1, -0.05) is 19.3 Å². The van der Waals surface area contributed by atoms with Gasteiger partial charge in [-0.3, -0.25) is 0 Å². The Hall–Kier alpha value is -1.52. The third kappa shape index (κ3) is 2.83. The second kappa shape index (κ2) is 5.42. The Morgan fingerprint density at radius 1 is 1.06 bits per heavy atom. The monoisotopic (exact) mass is 256 g/mol. The summed E-state index contributed by atoms with van der Waals surface area (Å²) < 4.78 is 38.8. The van der Waals surface area contributed by atoms with Crippen LogP contribution in [0.2, 0.25) is 0 Å². The van der Waals surface area contributed by atoms with Crippen LogP contribution in [0.25, 0.3) is 0 Å². The molecule has 0 radical (unpaired) electrons. The van der Waals surface area contributed by atoms with E-state index in [1.807, 2.05) is 0 Å². The van der Waals surface area contributed by atoms with Crippen molar-refractivity contribution in [2.75, 3.05) is 0 Å². The van der Waals surface area contributed by atoms with Gasteiger partial charge in [0.15, 0.2) is 17.5 Å². The van der Waals surface area contributed by atoms with Gasteiger partial charge in [0, 0.05) is 18.1 Å². The van der Waals surface area contributed by atoms with Gasteiger partial charge in [0.05, 0.1) is 5.69 Å². The molecular formula is C13H15F3N2. The number of hydrogen-bond acceptors (Lipinski definition) is 1. The number of aliphatic imine (C=N–C) groups is 1. The third-order valence-corrected chi connectivity index (χ3v) is 3.25. The van der Waals surface area contributed by atoms with Gasteiger partial charge in [-0.05, 0) is 12.8 Å². The highest BCUT2D eigenvalue weighted by molar-refractivity contribution is 5.85. The van der Waals surface area contributed by atoms with Crippen molar-refractivity contribution in [1.82, 2.24) is 0 Å². The molecule has 1 aromatic rings. The van der Waals surface area contributed by atoms with Gasteiger partial charge < -0.3 is 5.73 Å². The zero-order valence-electron chi connectivity index (χ0n) is 9.93. The summed E-state index contributed by atoms with van der Waals surface area (Å²) in [5.41, 5.74) is 5.85. The largest absolute Gasteiger partial charge is 0.387 e. The third-order valence-electron chi connectivity index (χ3n) is 3.25. The number of benzene rings is 1. The normalized spacial score (nSPS) is 18.1. The molecule has 0 heterocycles. The van der Waals surface area contributed by atoms with Crippen LogP contribution in [0.3, 0.4) is 0 Å². The number of rotatable bonds is 2. The molecule has 0 saturated heterocycles. The van der Waals surface area contributed by atoms with Crippen LogP contribution in [-0.2, 0) is 0 Å². The molecule has 1 aliphatic carbocycles. The average Bonchev–Trinajstić information content (AvgIpc) is 2.37. The molecule has 1 aliphatic rings. The van der Waals surface area contributed by atoms with E-state index in [9.17, 15) is 13.2 Å². The quantitative estimate of drug-likeness (QED) is 0.489. The van der Waals surface area contributed by atoms with Crippen molar-refractivity contribution in [3.05, 3.63) is 29.6 Å². The highest BCUT2D eigenvalue weighted by Gasteiger charge is 2.17. The van der Waals surface area contributed by atoms with Crippen molar-refractivity contribution >= 4 is 11.5 Å². The van der Waals surface area contributed by atoms with E-state index >= 15 is 0 Å². The molecule has 1 aromatic carbocycles. The Morgan fingerprint density at radius 3 is 2.17 bits per heavy atom. The Labute approximate surface area is 104 Å². The predicted molar refractivity (Wildman–Crippen MR) is 64.2 cm³/mol. The molecule has 2 rings (SSSR count). The standard InChI is InChI=1S/C13H15F3N2/c14-10-6-9(7-11(15)12(10)16)18-13(17)8-4-2-1-3-5-8/h6-8H,1-5H2,(H2,17,18). The average molecular weight is 256 g/mol. The molecule has 1 saturated carbocycles. The minimum atomic E-state index is -1.48. The van der Waals surface area contributed by atoms with Crippen LogP contribution in [0.15, 0.2) is 17.1 Å². The van der Waals surface area contributed by atoms with E-state index in [4.69, 9.17) is 5.73 Å². The molecule has 0 aliphatic heterocycles. The van der Waals surface area contributed by atoms with Gasteiger partial charge in [0.1, 0.15) is 5.84 Å². The summed E-state index contributed by atoms with van der Waals surface area (Å²) in [5.74, 6) is -3.43. The first-order valence-corrected chi connectivity index (χ1v) is 6.06. The van der Waals surface area contributed by atoms with Gasteiger partial charge in [0.2, 0.25) is 0 Å². The van der Waals surface area contributed by atoms with Gasteiger partial charge in [-0.25, -0.2) is 18.2 Å². The minimum absolute atomic E-state index is 0.0227. The maximum absolute atomic E-state index is 13.0. The summed E-state index contributed by atoms with van der Waals surface area (Å²) in [6, 6.07) is 1.71. The fourth-order valence-electron chi connectivity index (χ4n) is 2.25. The summed E-state index contributed by atoms with van der Waals surface area (Å²) in [4.78, 5) is 3.99. The number of nitrogens with two attached hydrogens (primary N) is 1. The maximum atomic E-state index is 13.0. The van der Waals surface area contributed by atoms with Crippen molar-refractivity contribution in [1.29, 1.82) is 0 Å². The molecule has 2 nitrogen and oxygen atoms in total.